The van der Waals surface area contributed by atoms with Gasteiger partial charge in [0.05, 0.1) is 13.7 Å². The molecule has 0 aliphatic heterocycles. The predicted molar refractivity (Wildman–Crippen MR) is 83.4 cm³/mol. The van der Waals surface area contributed by atoms with Crippen LogP contribution in [0.3, 0.4) is 0 Å². The summed E-state index contributed by atoms with van der Waals surface area (Å²) in [5, 5.41) is 9.89. The Kier molecular flexibility index (Phi) is 4.92. The Balaban J connectivity index is 2.05. The Morgan fingerprint density at radius 1 is 1.35 bits per heavy atom. The lowest BCUT2D eigenvalue weighted by Crippen LogP contribution is -2.41. The van der Waals surface area contributed by atoms with Gasteiger partial charge in [-0.2, -0.15) is 0 Å². The number of benzene rings is 1. The Morgan fingerprint density at radius 2 is 2.05 bits per heavy atom. The van der Waals surface area contributed by atoms with E-state index in [0.29, 0.717) is 0 Å². The molecule has 20 heavy (non-hydrogen) atoms. The van der Waals surface area contributed by atoms with Crippen molar-refractivity contribution in [3.63, 3.8) is 0 Å². The highest BCUT2D eigenvalue weighted by Gasteiger charge is 2.35. The zero-order chi connectivity index (χ0) is 14.6. The van der Waals surface area contributed by atoms with Gasteiger partial charge in [0.1, 0.15) is 5.75 Å². The van der Waals surface area contributed by atoms with E-state index in [1.54, 1.807) is 7.11 Å². The first-order valence-corrected chi connectivity index (χ1v) is 7.55. The topological polar surface area (TPSA) is 32.7 Å². The summed E-state index contributed by atoms with van der Waals surface area (Å²) in [5.41, 5.74) is 1.24. The molecule has 0 heterocycles. The summed E-state index contributed by atoms with van der Waals surface area (Å²) in [6.45, 7) is 3.51. The first kappa shape index (κ1) is 15.2. The van der Waals surface area contributed by atoms with Gasteiger partial charge < -0.3 is 14.7 Å². The number of ether oxygens (including phenoxy) is 1. The van der Waals surface area contributed by atoms with Crippen LogP contribution in [-0.2, 0) is 0 Å². The van der Waals surface area contributed by atoms with Crippen LogP contribution in [-0.4, -0.2) is 32.4 Å². The standard InChI is InChI=1S/C17H27NO2/c1-14-5-4-10-17(11-14,13-19)12-18(2)15-6-8-16(20-3)9-7-15/h6-9,14,19H,4-5,10-13H2,1-3H3. The summed E-state index contributed by atoms with van der Waals surface area (Å²) in [4.78, 5) is 2.26. The molecule has 0 spiro atoms. The molecule has 0 bridgehead atoms. The average molecular weight is 277 g/mol. The molecule has 0 radical (unpaired) electrons. The third kappa shape index (κ3) is 3.45. The van der Waals surface area contributed by atoms with Crippen LogP contribution in [0.15, 0.2) is 24.3 Å². The van der Waals surface area contributed by atoms with Gasteiger partial charge in [0.15, 0.2) is 0 Å². The van der Waals surface area contributed by atoms with Gasteiger partial charge in [0.25, 0.3) is 0 Å². The van der Waals surface area contributed by atoms with E-state index in [1.165, 1.54) is 18.5 Å². The van der Waals surface area contributed by atoms with Gasteiger partial charge in [-0.05, 0) is 43.0 Å². The third-order valence-electron chi connectivity index (χ3n) is 4.61. The minimum absolute atomic E-state index is 0.0618. The second-order valence-electron chi connectivity index (χ2n) is 6.41. The van der Waals surface area contributed by atoms with E-state index in [9.17, 15) is 5.11 Å². The van der Waals surface area contributed by atoms with Gasteiger partial charge in [-0.15, -0.1) is 0 Å². The molecule has 1 saturated carbocycles. The molecule has 2 rings (SSSR count). The lowest BCUT2D eigenvalue weighted by atomic mass is 9.70. The van der Waals surface area contributed by atoms with Crippen LogP contribution in [0.25, 0.3) is 0 Å². The molecule has 3 heteroatoms. The maximum absolute atomic E-state index is 9.89. The molecule has 0 amide bonds. The van der Waals surface area contributed by atoms with Crippen molar-refractivity contribution in [2.45, 2.75) is 32.6 Å². The Labute approximate surface area is 122 Å². The summed E-state index contributed by atoms with van der Waals surface area (Å²) in [7, 11) is 3.79. The zero-order valence-electron chi connectivity index (χ0n) is 12.9. The van der Waals surface area contributed by atoms with E-state index >= 15 is 0 Å². The first-order valence-electron chi connectivity index (χ1n) is 7.55. The Bertz CT molecular complexity index is 418. The van der Waals surface area contributed by atoms with Crippen LogP contribution in [0.4, 0.5) is 5.69 Å². The van der Waals surface area contributed by atoms with Crippen molar-refractivity contribution in [1.82, 2.24) is 0 Å². The number of aliphatic hydroxyl groups is 1. The third-order valence-corrected chi connectivity index (χ3v) is 4.61. The summed E-state index contributed by atoms with van der Waals surface area (Å²) in [5.74, 6) is 1.60. The molecule has 1 N–H and O–H groups in total. The minimum Gasteiger partial charge on any atom is -0.497 e. The number of aliphatic hydroxyl groups excluding tert-OH is 1. The molecule has 2 atom stereocenters. The summed E-state index contributed by atoms with van der Waals surface area (Å²) in [6.07, 6.45) is 4.80. The first-order chi connectivity index (χ1) is 9.58. The highest BCUT2D eigenvalue weighted by molar-refractivity contribution is 5.48. The summed E-state index contributed by atoms with van der Waals surface area (Å²) >= 11 is 0. The van der Waals surface area contributed by atoms with E-state index in [2.05, 4.69) is 31.0 Å². The van der Waals surface area contributed by atoms with Gasteiger partial charge in [0.2, 0.25) is 0 Å². The molecule has 1 aliphatic rings. The fraction of sp³-hybridized carbons (Fsp3) is 0.647. The molecule has 1 fully saturated rings. The van der Waals surface area contributed by atoms with Crippen LogP contribution in [0, 0.1) is 11.3 Å². The van der Waals surface area contributed by atoms with Gasteiger partial charge in [-0.1, -0.05) is 19.8 Å². The van der Waals surface area contributed by atoms with Crippen molar-refractivity contribution in [1.29, 1.82) is 0 Å². The highest BCUT2D eigenvalue weighted by atomic mass is 16.5. The Hall–Kier alpha value is -1.22. The van der Waals surface area contributed by atoms with Crippen LogP contribution < -0.4 is 9.64 Å². The van der Waals surface area contributed by atoms with E-state index in [1.807, 2.05) is 12.1 Å². The smallest absolute Gasteiger partial charge is 0.119 e. The maximum Gasteiger partial charge on any atom is 0.119 e. The molecular weight excluding hydrogens is 250 g/mol. The maximum atomic E-state index is 9.89. The SMILES string of the molecule is COc1ccc(N(C)CC2(CO)CCCC(C)C2)cc1. The van der Waals surface area contributed by atoms with Crippen molar-refractivity contribution in [3.8, 4) is 5.75 Å². The van der Waals surface area contributed by atoms with Crippen LogP contribution in [0.2, 0.25) is 0 Å². The second-order valence-corrected chi connectivity index (χ2v) is 6.41. The van der Waals surface area contributed by atoms with Crippen LogP contribution in [0.1, 0.15) is 32.6 Å². The molecular formula is C17H27NO2. The fourth-order valence-corrected chi connectivity index (χ4v) is 3.54. The number of methoxy groups -OCH3 is 1. The number of rotatable bonds is 5. The lowest BCUT2D eigenvalue weighted by Gasteiger charge is -2.41. The fourth-order valence-electron chi connectivity index (χ4n) is 3.54. The number of nitrogens with zero attached hydrogens (tertiary/aromatic N) is 1. The van der Waals surface area contributed by atoms with E-state index in [0.717, 1.165) is 31.1 Å². The van der Waals surface area contributed by atoms with Gasteiger partial charge in [-0.3, -0.25) is 0 Å². The molecule has 0 saturated heterocycles. The van der Waals surface area contributed by atoms with E-state index in [-0.39, 0.29) is 12.0 Å². The Morgan fingerprint density at radius 3 is 2.60 bits per heavy atom. The van der Waals surface area contributed by atoms with E-state index in [4.69, 9.17) is 4.74 Å². The molecule has 2 unspecified atom stereocenters. The quantitative estimate of drug-likeness (QED) is 0.896. The van der Waals surface area contributed by atoms with Gasteiger partial charge in [-0.25, -0.2) is 0 Å². The molecule has 0 aromatic heterocycles. The molecule has 1 aromatic carbocycles. The zero-order valence-corrected chi connectivity index (χ0v) is 12.9. The van der Waals surface area contributed by atoms with Gasteiger partial charge >= 0.3 is 0 Å². The molecule has 112 valence electrons. The van der Waals surface area contributed by atoms with Crippen molar-refractivity contribution in [3.05, 3.63) is 24.3 Å². The number of anilines is 1. The van der Waals surface area contributed by atoms with Crippen LogP contribution >= 0.6 is 0 Å². The lowest BCUT2D eigenvalue weighted by molar-refractivity contribution is 0.0676. The second kappa shape index (κ2) is 6.49. The summed E-state index contributed by atoms with van der Waals surface area (Å²) < 4.78 is 5.20. The average Bonchev–Trinajstić information content (AvgIpc) is 2.47. The summed E-state index contributed by atoms with van der Waals surface area (Å²) in [6, 6.07) is 8.13. The van der Waals surface area contributed by atoms with Crippen molar-refractivity contribution in [2.75, 3.05) is 32.2 Å². The van der Waals surface area contributed by atoms with Crippen LogP contribution in [0.5, 0.6) is 5.75 Å². The van der Waals surface area contributed by atoms with Crippen molar-refractivity contribution in [2.24, 2.45) is 11.3 Å². The normalized spacial score (nSPS) is 26.3. The van der Waals surface area contributed by atoms with E-state index < -0.39 is 0 Å². The van der Waals surface area contributed by atoms with Crippen molar-refractivity contribution >= 4 is 5.69 Å². The molecule has 3 nitrogen and oxygen atoms in total. The van der Waals surface area contributed by atoms with Crippen molar-refractivity contribution < 1.29 is 9.84 Å². The molecule has 1 aromatic rings. The monoisotopic (exact) mass is 277 g/mol. The number of hydrogen-bond donors (Lipinski definition) is 1. The largest absolute Gasteiger partial charge is 0.497 e. The van der Waals surface area contributed by atoms with Gasteiger partial charge in [0, 0.05) is 24.7 Å². The predicted octanol–water partition coefficient (Wildman–Crippen LogP) is 3.32. The highest BCUT2D eigenvalue weighted by Crippen LogP contribution is 2.40. The number of hydrogen-bond acceptors (Lipinski definition) is 3. The molecule has 1 aliphatic carbocycles. The minimum atomic E-state index is 0.0618.